The van der Waals surface area contributed by atoms with Crippen LogP contribution in [0, 0.1) is 0 Å². The molecule has 66 valence electrons. The van der Waals surface area contributed by atoms with Crippen LogP contribution >= 0.6 is 23.1 Å². The Kier molecular flexibility index (Phi) is 2.29. The van der Waals surface area contributed by atoms with Crippen LogP contribution in [0.2, 0.25) is 4.34 Å². The van der Waals surface area contributed by atoms with Crippen molar-refractivity contribution in [1.82, 2.24) is 4.37 Å². The SMILES string of the molecule is O=C(O)C(F)(F)c1cnsc1Cl. The summed E-state index contributed by atoms with van der Waals surface area (Å²) in [5.41, 5.74) is -0.762. The molecular weight excluding hydrogens is 212 g/mol. The first-order valence-electron chi connectivity index (χ1n) is 2.68. The maximum absolute atomic E-state index is 12.7. The highest BCUT2D eigenvalue weighted by molar-refractivity contribution is 7.10. The molecule has 7 heteroatoms. The first-order valence-corrected chi connectivity index (χ1v) is 3.83. The molecule has 0 radical (unpaired) electrons. The summed E-state index contributed by atoms with van der Waals surface area (Å²) in [5.74, 6) is -6.19. The highest BCUT2D eigenvalue weighted by Crippen LogP contribution is 2.35. The van der Waals surface area contributed by atoms with E-state index >= 15 is 0 Å². The molecule has 0 unspecified atom stereocenters. The second kappa shape index (κ2) is 2.95. The van der Waals surface area contributed by atoms with Gasteiger partial charge >= 0.3 is 11.9 Å². The second-order valence-electron chi connectivity index (χ2n) is 1.89. The third kappa shape index (κ3) is 1.39. The van der Waals surface area contributed by atoms with Gasteiger partial charge in [-0.25, -0.2) is 4.79 Å². The summed E-state index contributed by atoms with van der Waals surface area (Å²) < 4.78 is 28.3. The number of aliphatic carboxylic acids is 1. The van der Waals surface area contributed by atoms with Gasteiger partial charge in [-0.1, -0.05) is 11.6 Å². The lowest BCUT2D eigenvalue weighted by atomic mass is 10.2. The van der Waals surface area contributed by atoms with Crippen molar-refractivity contribution in [2.75, 3.05) is 0 Å². The topological polar surface area (TPSA) is 50.2 Å². The maximum Gasteiger partial charge on any atom is 0.379 e. The highest BCUT2D eigenvalue weighted by Gasteiger charge is 2.43. The molecule has 0 aliphatic heterocycles. The molecule has 0 fully saturated rings. The van der Waals surface area contributed by atoms with E-state index in [2.05, 4.69) is 4.37 Å². The number of hydrogen-bond donors (Lipinski definition) is 1. The Morgan fingerprint density at radius 2 is 2.33 bits per heavy atom. The van der Waals surface area contributed by atoms with Gasteiger partial charge < -0.3 is 5.11 Å². The van der Waals surface area contributed by atoms with E-state index < -0.39 is 17.5 Å². The van der Waals surface area contributed by atoms with Crippen molar-refractivity contribution in [3.63, 3.8) is 0 Å². The van der Waals surface area contributed by atoms with Crippen molar-refractivity contribution < 1.29 is 18.7 Å². The van der Waals surface area contributed by atoms with Crippen molar-refractivity contribution in [3.05, 3.63) is 16.1 Å². The fraction of sp³-hybridized carbons (Fsp3) is 0.200. The summed E-state index contributed by atoms with van der Waals surface area (Å²) in [7, 11) is 0. The Morgan fingerprint density at radius 1 is 1.75 bits per heavy atom. The van der Waals surface area contributed by atoms with Crippen LogP contribution in [0.5, 0.6) is 0 Å². The molecule has 1 aromatic rings. The molecule has 0 atom stereocenters. The highest BCUT2D eigenvalue weighted by atomic mass is 35.5. The van der Waals surface area contributed by atoms with E-state index in [0.717, 1.165) is 6.20 Å². The quantitative estimate of drug-likeness (QED) is 0.817. The van der Waals surface area contributed by atoms with E-state index in [1.54, 1.807) is 0 Å². The predicted molar refractivity (Wildman–Crippen MR) is 38.7 cm³/mol. The average molecular weight is 214 g/mol. The third-order valence-electron chi connectivity index (χ3n) is 1.13. The zero-order valence-corrected chi connectivity index (χ0v) is 6.99. The van der Waals surface area contributed by atoms with Crippen LogP contribution in [-0.2, 0) is 10.7 Å². The van der Waals surface area contributed by atoms with Gasteiger partial charge in [-0.15, -0.1) is 0 Å². The Morgan fingerprint density at radius 3 is 2.67 bits per heavy atom. The number of rotatable bonds is 2. The molecule has 1 aromatic heterocycles. The number of alkyl halides is 2. The fourth-order valence-electron chi connectivity index (χ4n) is 0.545. The molecule has 12 heavy (non-hydrogen) atoms. The summed E-state index contributed by atoms with van der Waals surface area (Å²) in [6.45, 7) is 0. The van der Waals surface area contributed by atoms with E-state index in [9.17, 15) is 13.6 Å². The molecular formula is C5H2ClF2NO2S. The predicted octanol–water partition coefficient (Wildman–Crippen LogP) is 1.97. The van der Waals surface area contributed by atoms with Gasteiger partial charge in [0.2, 0.25) is 0 Å². The van der Waals surface area contributed by atoms with E-state index in [1.165, 1.54) is 0 Å². The molecule has 0 aliphatic rings. The lowest BCUT2D eigenvalue weighted by molar-refractivity contribution is -0.166. The number of carbonyl (C=O) groups is 1. The van der Waals surface area contributed by atoms with Gasteiger partial charge in [-0.3, -0.25) is 0 Å². The van der Waals surface area contributed by atoms with Gasteiger partial charge in [0, 0.05) is 0 Å². The van der Waals surface area contributed by atoms with E-state index in [-0.39, 0.29) is 4.34 Å². The van der Waals surface area contributed by atoms with Crippen LogP contribution < -0.4 is 0 Å². The van der Waals surface area contributed by atoms with Gasteiger partial charge in [0.05, 0.1) is 11.8 Å². The van der Waals surface area contributed by atoms with Crippen molar-refractivity contribution in [1.29, 1.82) is 0 Å². The van der Waals surface area contributed by atoms with Crippen molar-refractivity contribution in [2.24, 2.45) is 0 Å². The summed E-state index contributed by atoms with van der Waals surface area (Å²) in [6, 6.07) is 0. The number of aromatic nitrogens is 1. The number of carboxylic acid groups (broad SMARTS) is 1. The molecule has 0 aliphatic carbocycles. The van der Waals surface area contributed by atoms with Gasteiger partial charge in [0.15, 0.2) is 0 Å². The molecule has 3 nitrogen and oxygen atoms in total. The smallest absolute Gasteiger partial charge is 0.379 e. The molecule has 1 heterocycles. The fourth-order valence-corrected chi connectivity index (χ4v) is 1.36. The summed E-state index contributed by atoms with van der Waals surface area (Å²) in [4.78, 5) is 10.0. The lowest BCUT2D eigenvalue weighted by Crippen LogP contribution is -2.24. The van der Waals surface area contributed by atoms with E-state index in [4.69, 9.17) is 16.7 Å². The van der Waals surface area contributed by atoms with Gasteiger partial charge in [0.25, 0.3) is 0 Å². The lowest BCUT2D eigenvalue weighted by Gasteiger charge is -2.07. The number of nitrogens with zero attached hydrogens (tertiary/aromatic N) is 1. The Balaban J connectivity index is 3.13. The molecule has 1 N–H and O–H groups in total. The summed E-state index contributed by atoms with van der Waals surface area (Å²) >= 11 is 5.90. The van der Waals surface area contributed by atoms with Crippen LogP contribution in [0.15, 0.2) is 6.20 Å². The van der Waals surface area contributed by atoms with Crippen molar-refractivity contribution in [3.8, 4) is 0 Å². The van der Waals surface area contributed by atoms with Gasteiger partial charge in [-0.05, 0) is 11.5 Å². The third-order valence-corrected chi connectivity index (χ3v) is 2.13. The number of halogens is 3. The normalized spacial score (nSPS) is 11.6. The van der Waals surface area contributed by atoms with E-state index in [1.807, 2.05) is 0 Å². The minimum atomic E-state index is -3.95. The van der Waals surface area contributed by atoms with Crippen LogP contribution in [0.4, 0.5) is 8.78 Å². The minimum Gasteiger partial charge on any atom is -0.477 e. The number of carboxylic acids is 1. The van der Waals surface area contributed by atoms with Crippen LogP contribution in [0.25, 0.3) is 0 Å². The molecule has 0 spiro atoms. The molecule has 0 saturated heterocycles. The molecule has 0 aromatic carbocycles. The number of hydrogen-bond acceptors (Lipinski definition) is 3. The first kappa shape index (κ1) is 9.34. The Hall–Kier alpha value is -0.750. The van der Waals surface area contributed by atoms with Gasteiger partial charge in [0.1, 0.15) is 4.34 Å². The monoisotopic (exact) mass is 213 g/mol. The average Bonchev–Trinajstić information content (AvgIpc) is 2.35. The zero-order valence-electron chi connectivity index (χ0n) is 5.42. The molecule has 1 rings (SSSR count). The van der Waals surface area contributed by atoms with Crippen LogP contribution in [0.1, 0.15) is 5.56 Å². The molecule has 0 bridgehead atoms. The summed E-state index contributed by atoms with van der Waals surface area (Å²) in [5, 5.41) is 8.11. The molecule has 0 saturated carbocycles. The van der Waals surface area contributed by atoms with Crippen LogP contribution in [-0.4, -0.2) is 15.4 Å². The summed E-state index contributed by atoms with van der Waals surface area (Å²) in [6.07, 6.45) is 0.751. The van der Waals surface area contributed by atoms with E-state index in [0.29, 0.717) is 11.5 Å². The van der Waals surface area contributed by atoms with Crippen molar-refractivity contribution >= 4 is 29.1 Å². The standard InChI is InChI=1S/C5H2ClF2NO2S/c6-3-2(1-9-12-3)5(7,8)4(10)11/h1H,(H,10,11). The minimum absolute atomic E-state index is 0.303. The maximum atomic E-state index is 12.7. The second-order valence-corrected chi connectivity index (χ2v) is 3.30. The van der Waals surface area contributed by atoms with Crippen molar-refractivity contribution in [2.45, 2.75) is 5.92 Å². The van der Waals surface area contributed by atoms with Crippen LogP contribution in [0.3, 0.4) is 0 Å². The van der Waals surface area contributed by atoms with Gasteiger partial charge in [-0.2, -0.15) is 13.2 Å². The molecule has 0 amide bonds. The Labute approximate surface area is 74.8 Å². The Bertz CT molecular complexity index is 314. The largest absolute Gasteiger partial charge is 0.477 e. The first-order chi connectivity index (χ1) is 5.46. The zero-order chi connectivity index (χ0) is 9.35.